The average molecular weight is 885 g/mol. The van der Waals surface area contributed by atoms with Gasteiger partial charge in [-0.05, 0) is 134 Å². The van der Waals surface area contributed by atoms with Gasteiger partial charge < -0.3 is 18.7 Å². The summed E-state index contributed by atoms with van der Waals surface area (Å²) in [6.07, 6.45) is 0. The minimum atomic E-state index is -0.770. The molecule has 0 N–H and O–H groups in total. The smallest absolute Gasteiger partial charge is 0.375 e. The van der Waals surface area contributed by atoms with Crippen molar-refractivity contribution in [1.82, 2.24) is 4.48 Å². The molecule has 2 aromatic heterocycles. The van der Waals surface area contributed by atoms with Gasteiger partial charge in [0.15, 0.2) is 0 Å². The van der Waals surface area contributed by atoms with E-state index in [2.05, 4.69) is 120 Å². The van der Waals surface area contributed by atoms with Crippen molar-refractivity contribution in [3.8, 4) is 22.3 Å². The van der Waals surface area contributed by atoms with E-state index in [-0.39, 0.29) is 28.8 Å². The number of furan rings is 1. The second kappa shape index (κ2) is 14.6. The average Bonchev–Trinajstić information content (AvgIpc) is 4.22. The van der Waals surface area contributed by atoms with Crippen LogP contribution in [0.25, 0.3) is 55.0 Å². The van der Waals surface area contributed by atoms with E-state index >= 15 is 0 Å². The van der Waals surface area contributed by atoms with Gasteiger partial charge in [-0.15, -0.1) is 0 Å². The van der Waals surface area contributed by atoms with E-state index in [1.54, 1.807) is 24.3 Å². The van der Waals surface area contributed by atoms with E-state index in [9.17, 15) is 5.48 Å². The Labute approximate surface area is 416 Å². The van der Waals surface area contributed by atoms with Crippen LogP contribution in [0.5, 0.6) is 0 Å². The summed E-state index contributed by atoms with van der Waals surface area (Å²) in [6.45, 7) is 18.5. The molecule has 0 fully saturated rings. The molecule has 5 heteroatoms. The molecule has 0 radical (unpaired) electrons. The van der Waals surface area contributed by atoms with Gasteiger partial charge in [-0.25, -0.2) is 0 Å². The summed E-state index contributed by atoms with van der Waals surface area (Å²) >= 11 is 0. The number of nitrogens with zero attached hydrogens (tertiary/aromatic N) is 3. The van der Waals surface area contributed by atoms with Gasteiger partial charge in [-0.2, -0.15) is 0 Å². The molecular formula is C62H56BN3O. The van der Waals surface area contributed by atoms with E-state index in [4.69, 9.17) is 19.5 Å². The lowest BCUT2D eigenvalue weighted by Gasteiger charge is -2.40. The third-order valence-corrected chi connectivity index (χ3v) is 13.5. The largest absolute Gasteiger partial charge is 0.466 e. The van der Waals surface area contributed by atoms with Crippen molar-refractivity contribution < 1.29 is 25.0 Å². The first-order valence-corrected chi connectivity index (χ1v) is 22.6. The van der Waals surface area contributed by atoms with Gasteiger partial charge in [0.05, 0.1) is 31.9 Å². The molecule has 4 heterocycles. The lowest BCUT2D eigenvalue weighted by atomic mass is 9.47. The molecule has 328 valence electrons. The monoisotopic (exact) mass is 885 g/mol. The number of rotatable bonds is 5. The molecule has 8 aromatic carbocycles. The molecule has 0 bridgehead atoms. The first-order valence-electron chi connectivity index (χ1n) is 30.1. The molecule has 0 saturated heterocycles. The summed E-state index contributed by atoms with van der Waals surface area (Å²) in [5.41, 5.74) is 9.00. The number of hydrogen-bond donors (Lipinski definition) is 0. The summed E-state index contributed by atoms with van der Waals surface area (Å²) in [5, 5.41) is 1.77. The quantitative estimate of drug-likeness (QED) is 0.161. The van der Waals surface area contributed by atoms with Crippen LogP contribution in [0, 0.1) is 0 Å². The Kier molecular flexibility index (Phi) is 6.13. The first kappa shape index (κ1) is 28.1. The number of benzene rings is 8. The van der Waals surface area contributed by atoms with Crippen LogP contribution in [0.15, 0.2) is 180 Å². The summed E-state index contributed by atoms with van der Waals surface area (Å²) in [4.78, 5) is 3.44. The zero-order valence-corrected chi connectivity index (χ0v) is 38.9. The van der Waals surface area contributed by atoms with Crippen molar-refractivity contribution in [3.05, 3.63) is 192 Å². The van der Waals surface area contributed by atoms with E-state index in [0.29, 0.717) is 44.2 Å². The highest BCUT2D eigenvalue weighted by Gasteiger charge is 2.47. The first-order chi connectivity index (χ1) is 38.4. The van der Waals surface area contributed by atoms with Crippen LogP contribution in [-0.2, 0) is 16.2 Å². The van der Waals surface area contributed by atoms with Gasteiger partial charge in [-0.1, -0.05) is 159 Å². The maximum absolute atomic E-state index is 9.43. The van der Waals surface area contributed by atoms with Crippen molar-refractivity contribution in [3.63, 3.8) is 0 Å². The highest BCUT2D eigenvalue weighted by molar-refractivity contribution is 6.89. The van der Waals surface area contributed by atoms with Gasteiger partial charge in [0.2, 0.25) is 0 Å². The molecule has 0 unspecified atom stereocenters. The highest BCUT2D eigenvalue weighted by Crippen LogP contribution is 2.52. The zero-order chi connectivity index (χ0) is 59.2. The van der Waals surface area contributed by atoms with Gasteiger partial charge in [0.1, 0.15) is 11.2 Å². The van der Waals surface area contributed by atoms with Crippen LogP contribution in [0.2, 0.25) is 0 Å². The molecule has 4 nitrogen and oxygen atoms in total. The Morgan fingerprint density at radius 2 is 1.15 bits per heavy atom. The van der Waals surface area contributed by atoms with Crippen molar-refractivity contribution in [2.75, 3.05) is 9.80 Å². The number of anilines is 6. The Bertz CT molecular complexity index is 4330. The Balaban J connectivity index is 1.28. The minimum absolute atomic E-state index is 0.0344. The fourth-order valence-electron chi connectivity index (χ4n) is 10.1. The van der Waals surface area contributed by atoms with Crippen molar-refractivity contribution >= 4 is 84.9 Å². The second-order valence-corrected chi connectivity index (χ2v) is 20.8. The van der Waals surface area contributed by atoms with Gasteiger partial charge in [-0.3, -0.25) is 0 Å². The molecule has 10 aromatic rings. The number of para-hydroxylation sites is 2. The van der Waals surface area contributed by atoms with Crippen LogP contribution < -0.4 is 20.9 Å². The molecule has 0 amide bonds. The Hall–Kier alpha value is -7.24. The van der Waals surface area contributed by atoms with Crippen LogP contribution in [-0.4, -0.2) is 11.3 Å². The van der Waals surface area contributed by atoms with E-state index < -0.39 is 108 Å². The standard InChI is InChI=1S/C62H56BN3O/c1-60(2,3)41-29-31-46(32-30-41)65-53-38-43(62(7,8)9)35-47-48-36-42(61(4,5)6)37-50-55-51(64(44-22-15-11-16-23-44)45-24-17-12-18-25-45)26-19-27-52(55)66(57(48)50)63(56(47)53)59-58(65)49-34-40(28-33-54(49)67-59)39-20-13-10-14-21-39/h10-38H,1-9H3/i10D,11D,12D,13D,14D,15D,16D,17D,18D,20D,21D,22D,23D,24D,25D. The predicted molar refractivity (Wildman–Crippen MR) is 286 cm³/mol. The lowest BCUT2D eigenvalue weighted by molar-refractivity contribution is 0.589. The Morgan fingerprint density at radius 3 is 1.78 bits per heavy atom. The van der Waals surface area contributed by atoms with Crippen LogP contribution in [0.1, 0.15) is 99.6 Å². The highest BCUT2D eigenvalue weighted by atomic mass is 16.3. The molecule has 12 rings (SSSR count). The third kappa shape index (κ3) is 6.42. The molecule has 0 spiro atoms. The number of hydrogen-bond acceptors (Lipinski definition) is 3. The topological polar surface area (TPSA) is 24.6 Å². The van der Waals surface area contributed by atoms with E-state index in [1.165, 1.54) is 4.90 Å². The molecule has 67 heavy (non-hydrogen) atoms. The molecule has 2 aliphatic rings. The van der Waals surface area contributed by atoms with Crippen molar-refractivity contribution in [1.29, 1.82) is 0 Å². The predicted octanol–water partition coefficient (Wildman–Crippen LogP) is 16.0. The van der Waals surface area contributed by atoms with Gasteiger partial charge in [0, 0.05) is 55.5 Å². The minimum Gasteiger partial charge on any atom is -0.466 e. The summed E-state index contributed by atoms with van der Waals surface area (Å²) < 4.78 is 144. The van der Waals surface area contributed by atoms with Crippen LogP contribution in [0.3, 0.4) is 0 Å². The van der Waals surface area contributed by atoms with Gasteiger partial charge >= 0.3 is 6.85 Å². The van der Waals surface area contributed by atoms with Crippen molar-refractivity contribution in [2.45, 2.75) is 78.6 Å². The van der Waals surface area contributed by atoms with E-state index in [1.807, 2.05) is 12.1 Å². The lowest BCUT2D eigenvalue weighted by Crippen LogP contribution is -2.56. The third-order valence-electron chi connectivity index (χ3n) is 13.5. The number of aromatic nitrogens is 1. The van der Waals surface area contributed by atoms with Crippen LogP contribution >= 0.6 is 0 Å². The fraction of sp³-hybridized carbons (Fsp3) is 0.194. The number of fused-ring (bicyclic) bond motifs is 9. The van der Waals surface area contributed by atoms with Crippen molar-refractivity contribution in [2.24, 2.45) is 0 Å². The van der Waals surface area contributed by atoms with E-state index in [0.717, 1.165) is 50.2 Å². The molecule has 2 aliphatic heterocycles. The zero-order valence-electron chi connectivity index (χ0n) is 53.9. The molecular weight excluding hydrogens is 814 g/mol. The summed E-state index contributed by atoms with van der Waals surface area (Å²) in [6, 6.07) is 19.1. The SMILES string of the molecule is [2H]c1c([2H])c([2H])c(-c2ccc3oc4c(c3c2)N(c2ccc(C(C)(C)C)cc2)c2cc(C(C)(C)C)cc3c2B4n2c4cccc(N(c5c([2H])c([2H])c([2H])c([2H])c5[2H])c5c([2H])c([2H])c([2H])c([2H])c5[2H])c4c4cc(C(C)(C)C)cc-3c42)c([2H])c1[2H]. The molecule has 0 aliphatic carbocycles. The molecule has 0 atom stereocenters. The fourth-order valence-corrected chi connectivity index (χ4v) is 10.1. The molecule has 0 saturated carbocycles. The maximum atomic E-state index is 9.43. The normalized spacial score (nSPS) is 16.5. The second-order valence-electron chi connectivity index (χ2n) is 20.8. The van der Waals surface area contributed by atoms with Crippen LogP contribution in [0.4, 0.5) is 34.1 Å². The van der Waals surface area contributed by atoms with Gasteiger partial charge in [0.25, 0.3) is 0 Å². The Morgan fingerprint density at radius 1 is 0.552 bits per heavy atom. The summed E-state index contributed by atoms with van der Waals surface area (Å²) in [5.74, 6) is 0. The summed E-state index contributed by atoms with van der Waals surface area (Å²) in [7, 11) is 0. The maximum Gasteiger partial charge on any atom is 0.375 e.